The Kier molecular flexibility index (Phi) is 31.2. The summed E-state index contributed by atoms with van der Waals surface area (Å²) in [5.74, 6) is -9.77. The molecular formula is C97H86ClF9N16O8S6. The number of likely N-dealkylation sites (tertiary alicyclic amines) is 1. The van der Waals surface area contributed by atoms with Crippen molar-refractivity contribution in [1.29, 1.82) is 0 Å². The van der Waals surface area contributed by atoms with Crippen molar-refractivity contribution in [3.63, 3.8) is 0 Å². The molecule has 2 saturated carbocycles. The van der Waals surface area contributed by atoms with E-state index < -0.39 is 120 Å². The van der Waals surface area contributed by atoms with E-state index in [1.165, 1.54) is 102 Å². The number of thiazole rings is 3. The predicted octanol–water partition coefficient (Wildman–Crippen LogP) is 23.9. The highest BCUT2D eigenvalue weighted by Crippen LogP contribution is 2.47. The first kappa shape index (κ1) is 98.4. The van der Waals surface area contributed by atoms with Crippen molar-refractivity contribution in [2.45, 2.75) is 136 Å². The van der Waals surface area contributed by atoms with Crippen molar-refractivity contribution in [3.05, 3.63) is 295 Å². The number of sulfonamides is 3. The van der Waals surface area contributed by atoms with E-state index in [0.29, 0.717) is 58.6 Å². The predicted molar refractivity (Wildman–Crippen MR) is 514 cm³/mol. The number of amides is 1. The van der Waals surface area contributed by atoms with Gasteiger partial charge in [0, 0.05) is 83.2 Å². The minimum atomic E-state index is -4.80. The first-order chi connectivity index (χ1) is 65.7. The number of carbonyl (C=O) groups is 1. The Morgan fingerprint density at radius 2 is 0.686 bits per heavy atom. The van der Waals surface area contributed by atoms with E-state index in [9.17, 15) is 56.4 Å². The van der Waals surface area contributed by atoms with Gasteiger partial charge < -0.3 is 26.0 Å². The van der Waals surface area contributed by atoms with Crippen LogP contribution in [0.3, 0.4) is 0 Å². The summed E-state index contributed by atoms with van der Waals surface area (Å²) < 4.78 is 222. The van der Waals surface area contributed by atoms with Crippen LogP contribution < -0.4 is 30.5 Å². The van der Waals surface area contributed by atoms with Gasteiger partial charge in [-0.3, -0.25) is 14.2 Å². The summed E-state index contributed by atoms with van der Waals surface area (Å²) >= 11 is 9.83. The van der Waals surface area contributed by atoms with Gasteiger partial charge in [0.05, 0.1) is 65.9 Å². The van der Waals surface area contributed by atoms with E-state index in [1.807, 2.05) is 126 Å². The Morgan fingerprint density at radius 3 is 0.993 bits per heavy atom. The van der Waals surface area contributed by atoms with Crippen LogP contribution in [0.15, 0.2) is 252 Å². The van der Waals surface area contributed by atoms with Gasteiger partial charge in [-0.15, -0.1) is 34.0 Å². The fraction of sp³-hybridized carbons (Fsp3) is 0.216. The second-order valence-corrected chi connectivity index (χ2v) is 40.9. The molecule has 15 aromatic rings. The molecule has 708 valence electrons. The molecule has 2 aliphatic carbocycles. The fourth-order valence-electron chi connectivity index (χ4n) is 15.2. The number of nitrogens with zero attached hydrogens (tertiary/aromatic N) is 10. The standard InChI is InChI=1S/2C31H26F3N5O2S2.C25H14ClF3N4O2S2.C10H20N2O2/c2*32-22-14-8-15-23(33)29(22)43(40,41)39-24-16-7-13-21(26(24)34)27-28(42-30(38-27)19-9-3-1-4-10-19)25-17-18-35-31(37-25)36-20-11-5-2-6-12-20;26-25-30-13-12-19(31-25)22-21(32-24(36-22)14-6-2-1-3-7-14)15-8-4-11-18(20(15)29)33-37(34,35)23-16(27)9-5-10-17(23)28;1-10(2,3)14-9(13)12-6-4-8(11)5-7-12/h2*1,3-4,7-10,13-18,20,39H,2,5-6,11-12H2,(H,35,36,37);1-13,33H;8H,4-7,11H2,1-3H3. The Labute approximate surface area is 800 Å². The molecule has 0 unspecified atom stereocenters. The number of nitrogens with two attached hydrogens (primary N) is 1. The topological polar surface area (TPSA) is 334 Å². The molecule has 1 saturated heterocycles. The van der Waals surface area contributed by atoms with Crippen molar-refractivity contribution in [3.8, 4) is 97.2 Å². The van der Waals surface area contributed by atoms with Gasteiger partial charge >= 0.3 is 6.09 Å². The minimum Gasteiger partial charge on any atom is -0.444 e. The highest BCUT2D eigenvalue weighted by Gasteiger charge is 2.34. The monoisotopic (exact) mass is 2000 g/mol. The van der Waals surface area contributed by atoms with Crippen LogP contribution in [0.1, 0.15) is 97.8 Å². The van der Waals surface area contributed by atoms with Gasteiger partial charge in [-0.1, -0.05) is 166 Å². The zero-order valence-electron chi connectivity index (χ0n) is 73.2. The van der Waals surface area contributed by atoms with Crippen molar-refractivity contribution in [2.24, 2.45) is 5.73 Å². The number of hydrogen-bond donors (Lipinski definition) is 6. The van der Waals surface area contributed by atoms with Gasteiger partial charge in [0.2, 0.25) is 17.2 Å². The molecule has 24 nitrogen and oxygen atoms in total. The number of aromatic nitrogens is 9. The van der Waals surface area contributed by atoms with Crippen LogP contribution >= 0.6 is 45.6 Å². The normalized spacial score (nSPS) is 13.9. The number of hydrogen-bond acceptors (Lipinski definition) is 23. The van der Waals surface area contributed by atoms with E-state index in [1.54, 1.807) is 35.5 Å². The molecule has 137 heavy (non-hydrogen) atoms. The summed E-state index contributed by atoms with van der Waals surface area (Å²) in [5.41, 5.74) is 8.23. The zero-order chi connectivity index (χ0) is 96.9. The molecule has 7 heterocycles. The van der Waals surface area contributed by atoms with Gasteiger partial charge in [0.1, 0.15) is 55.5 Å². The van der Waals surface area contributed by atoms with Crippen LogP contribution in [-0.4, -0.2) is 118 Å². The van der Waals surface area contributed by atoms with E-state index in [0.717, 1.165) is 155 Å². The lowest BCUT2D eigenvalue weighted by Gasteiger charge is -2.32. The smallest absolute Gasteiger partial charge is 0.410 e. The van der Waals surface area contributed by atoms with Gasteiger partial charge in [0.15, 0.2) is 32.1 Å². The first-order valence-corrected chi connectivity index (χ1v) is 50.4. The van der Waals surface area contributed by atoms with Crippen LogP contribution in [0.2, 0.25) is 5.28 Å². The summed E-state index contributed by atoms with van der Waals surface area (Å²) in [5, 5.41) is 8.56. The van der Waals surface area contributed by atoms with E-state index in [-0.39, 0.29) is 63.3 Å². The molecule has 0 bridgehead atoms. The summed E-state index contributed by atoms with van der Waals surface area (Å²) in [4.78, 5) is 51.7. The third kappa shape index (κ3) is 24.1. The molecule has 7 N–H and O–H groups in total. The molecule has 6 aromatic heterocycles. The van der Waals surface area contributed by atoms with Crippen LogP contribution in [0.25, 0.3) is 97.2 Å². The highest BCUT2D eigenvalue weighted by molar-refractivity contribution is 7.93. The quantitative estimate of drug-likeness (QED) is 0.0271. The molecular weight excluding hydrogens is 1920 g/mol. The van der Waals surface area contributed by atoms with Crippen molar-refractivity contribution in [1.82, 2.24) is 49.8 Å². The molecule has 3 aliphatic rings. The molecule has 1 aliphatic heterocycles. The van der Waals surface area contributed by atoms with E-state index >= 15 is 13.2 Å². The van der Waals surface area contributed by atoms with Crippen molar-refractivity contribution in [2.75, 3.05) is 37.9 Å². The average molecular weight is 2000 g/mol. The molecule has 0 spiro atoms. The Morgan fingerprint density at radius 1 is 0.387 bits per heavy atom. The third-order valence-corrected chi connectivity index (χ3v) is 29.5. The number of piperidine rings is 1. The lowest BCUT2D eigenvalue weighted by molar-refractivity contribution is 0.0206. The first-order valence-electron chi connectivity index (χ1n) is 43.1. The second kappa shape index (κ2) is 43.5. The average Bonchev–Trinajstić information content (AvgIpc) is 1.45. The van der Waals surface area contributed by atoms with Crippen LogP contribution in [0.5, 0.6) is 0 Å². The Bertz CT molecular complexity index is 6890. The SMILES string of the molecule is CC(C)(C)OC(=O)N1CCC(N)CC1.O=S(=O)(Nc1cccc(-c2nc(-c3ccccc3)sc2-c2ccnc(Cl)n2)c1F)c1c(F)cccc1F.O=S(=O)(Nc1cccc(-c2nc(-c3ccccc3)sc2-c2ccnc(NC3CCCCC3)n2)c1F)c1c(F)cccc1F.O=S(=O)(Nc1cccc(-c2nc(-c3ccccc3)sc2-c2ccnc(NC3CCCCC3)n2)c1F)c1c(F)cccc1F. The van der Waals surface area contributed by atoms with E-state index in [4.69, 9.17) is 42.0 Å². The molecule has 18 rings (SSSR count). The number of anilines is 5. The Balaban J connectivity index is 0.000000146. The van der Waals surface area contributed by atoms with Crippen molar-refractivity contribution >= 4 is 111 Å². The summed E-state index contributed by atoms with van der Waals surface area (Å²) in [6, 6.07) is 53.8. The number of carbonyl (C=O) groups excluding carboxylic acids is 1. The maximum atomic E-state index is 16.1. The summed E-state index contributed by atoms with van der Waals surface area (Å²) in [6.07, 6.45) is 17.3. The number of halogens is 10. The van der Waals surface area contributed by atoms with Crippen molar-refractivity contribution < 1.29 is 74.3 Å². The van der Waals surface area contributed by atoms with Gasteiger partial charge in [-0.25, -0.2) is 114 Å². The molecule has 40 heteroatoms. The largest absolute Gasteiger partial charge is 0.444 e. The molecule has 1 amide bonds. The van der Waals surface area contributed by atoms with Crippen LogP contribution in [0.4, 0.5) is 73.3 Å². The summed E-state index contributed by atoms with van der Waals surface area (Å²) in [6.45, 7) is 7.06. The second-order valence-electron chi connectivity index (χ2n) is 32.7. The van der Waals surface area contributed by atoms with Gasteiger partial charge in [-0.2, -0.15) is 0 Å². The maximum Gasteiger partial charge on any atom is 0.410 e. The zero-order valence-corrected chi connectivity index (χ0v) is 78.8. The van der Waals surface area contributed by atoms with Gasteiger partial charge in [-0.05, 0) is 162 Å². The summed E-state index contributed by atoms with van der Waals surface area (Å²) in [7, 11) is -14.4. The highest BCUT2D eigenvalue weighted by atomic mass is 35.5. The number of benzene rings is 9. The third-order valence-electron chi connectivity index (χ3n) is 21.7. The number of rotatable bonds is 22. The Hall–Kier alpha value is -13.2. The van der Waals surface area contributed by atoms with E-state index in [2.05, 4.69) is 35.6 Å². The van der Waals surface area contributed by atoms with Crippen LogP contribution in [0, 0.1) is 52.4 Å². The van der Waals surface area contributed by atoms with Gasteiger partial charge in [0.25, 0.3) is 30.1 Å². The van der Waals surface area contributed by atoms with Crippen LogP contribution in [-0.2, 0) is 34.8 Å². The molecule has 3 fully saturated rings. The number of ether oxygens (including phenoxy) is 1. The molecule has 0 radical (unpaired) electrons. The maximum absolute atomic E-state index is 16.1. The lowest BCUT2D eigenvalue weighted by atomic mass is 9.96. The fourth-order valence-corrected chi connectivity index (χ4v) is 22.1. The lowest BCUT2D eigenvalue weighted by Crippen LogP contribution is -2.44. The number of nitrogens with one attached hydrogen (secondary N) is 5. The molecule has 0 atom stereocenters. The molecule has 9 aromatic carbocycles. The minimum absolute atomic E-state index is 0.0111.